The van der Waals surface area contributed by atoms with Crippen molar-refractivity contribution in [2.45, 2.75) is 13.5 Å². The van der Waals surface area contributed by atoms with E-state index in [1.165, 1.54) is 11.3 Å². The number of anilines is 1. The van der Waals surface area contributed by atoms with E-state index in [-0.39, 0.29) is 0 Å². The molecule has 2 rings (SSSR count). The molecule has 0 aliphatic carbocycles. The van der Waals surface area contributed by atoms with Crippen LogP contribution in [0.5, 0.6) is 5.75 Å². The van der Waals surface area contributed by atoms with Crippen LogP contribution in [0.4, 0.5) is 5.13 Å². The Kier molecular flexibility index (Phi) is 3.96. The normalized spacial score (nSPS) is 10.3. The molecular formula is C11H12BrN3OS. The topological polar surface area (TPSA) is 47.0 Å². The van der Waals surface area contributed by atoms with E-state index in [0.717, 1.165) is 25.9 Å². The second-order valence-electron chi connectivity index (χ2n) is 3.45. The van der Waals surface area contributed by atoms with Crippen molar-refractivity contribution < 1.29 is 4.74 Å². The first kappa shape index (κ1) is 12.3. The zero-order valence-electron chi connectivity index (χ0n) is 9.53. The van der Waals surface area contributed by atoms with Crippen LogP contribution in [-0.2, 0) is 6.61 Å². The van der Waals surface area contributed by atoms with Crippen molar-refractivity contribution in [1.29, 1.82) is 0 Å². The molecule has 1 aromatic carbocycles. The monoisotopic (exact) mass is 313 g/mol. The SMILES string of the molecule is CNc1nnc(COc2ccc(Br)cc2C)s1. The standard InChI is InChI=1S/C11H12BrN3OS/c1-7-5-8(12)3-4-9(7)16-6-10-14-15-11(13-2)17-10/h3-5H,6H2,1-2H3,(H,13,15). The van der Waals surface area contributed by atoms with Crippen molar-refractivity contribution in [3.05, 3.63) is 33.2 Å². The summed E-state index contributed by atoms with van der Waals surface area (Å²) in [5.74, 6) is 0.870. The van der Waals surface area contributed by atoms with Crippen molar-refractivity contribution in [3.8, 4) is 5.75 Å². The van der Waals surface area contributed by atoms with Crippen LogP contribution >= 0.6 is 27.3 Å². The summed E-state index contributed by atoms with van der Waals surface area (Å²) in [6.07, 6.45) is 0. The smallest absolute Gasteiger partial charge is 0.205 e. The Morgan fingerprint density at radius 2 is 2.24 bits per heavy atom. The summed E-state index contributed by atoms with van der Waals surface area (Å²) in [5, 5.41) is 12.6. The van der Waals surface area contributed by atoms with Gasteiger partial charge in [0.15, 0.2) is 5.01 Å². The molecule has 4 nitrogen and oxygen atoms in total. The molecule has 0 spiro atoms. The van der Waals surface area contributed by atoms with Gasteiger partial charge < -0.3 is 10.1 Å². The van der Waals surface area contributed by atoms with E-state index in [1.807, 2.05) is 32.2 Å². The lowest BCUT2D eigenvalue weighted by Crippen LogP contribution is -1.96. The van der Waals surface area contributed by atoms with Crippen LogP contribution in [0.1, 0.15) is 10.6 Å². The van der Waals surface area contributed by atoms with Gasteiger partial charge in [-0.25, -0.2) is 0 Å². The number of aryl methyl sites for hydroxylation is 1. The van der Waals surface area contributed by atoms with Gasteiger partial charge in [0.05, 0.1) is 0 Å². The van der Waals surface area contributed by atoms with Gasteiger partial charge in [-0.05, 0) is 30.7 Å². The Balaban J connectivity index is 2.02. The molecule has 0 radical (unpaired) electrons. The lowest BCUT2D eigenvalue weighted by atomic mass is 10.2. The molecule has 1 heterocycles. The number of hydrogen-bond donors (Lipinski definition) is 1. The molecule has 0 aliphatic heterocycles. The van der Waals surface area contributed by atoms with E-state index in [0.29, 0.717) is 6.61 Å². The summed E-state index contributed by atoms with van der Waals surface area (Å²) in [5.41, 5.74) is 1.10. The largest absolute Gasteiger partial charge is 0.486 e. The third-order valence-corrected chi connectivity index (χ3v) is 3.58. The lowest BCUT2D eigenvalue weighted by Gasteiger charge is -2.07. The summed E-state index contributed by atoms with van der Waals surface area (Å²) in [6.45, 7) is 2.46. The van der Waals surface area contributed by atoms with E-state index in [9.17, 15) is 0 Å². The van der Waals surface area contributed by atoms with Crippen molar-refractivity contribution in [3.63, 3.8) is 0 Å². The molecule has 0 fully saturated rings. The summed E-state index contributed by atoms with van der Waals surface area (Å²) < 4.78 is 6.75. The van der Waals surface area contributed by atoms with Gasteiger partial charge in [0.1, 0.15) is 12.4 Å². The summed E-state index contributed by atoms with van der Waals surface area (Å²) in [6, 6.07) is 5.93. The van der Waals surface area contributed by atoms with Crippen LogP contribution in [0.2, 0.25) is 0 Å². The highest BCUT2D eigenvalue weighted by Crippen LogP contribution is 2.24. The summed E-state index contributed by atoms with van der Waals surface area (Å²) >= 11 is 4.91. The number of rotatable bonds is 4. The van der Waals surface area contributed by atoms with Crippen LogP contribution in [0.25, 0.3) is 0 Å². The molecule has 0 bridgehead atoms. The minimum atomic E-state index is 0.446. The average Bonchev–Trinajstić information content (AvgIpc) is 2.76. The molecular weight excluding hydrogens is 302 g/mol. The van der Waals surface area contributed by atoms with Gasteiger partial charge in [0, 0.05) is 11.5 Å². The Morgan fingerprint density at radius 3 is 2.88 bits per heavy atom. The lowest BCUT2D eigenvalue weighted by molar-refractivity contribution is 0.302. The number of nitrogens with one attached hydrogen (secondary N) is 1. The van der Waals surface area contributed by atoms with Gasteiger partial charge in [0.2, 0.25) is 5.13 Å². The fourth-order valence-electron chi connectivity index (χ4n) is 1.33. The molecule has 2 aromatic rings. The van der Waals surface area contributed by atoms with E-state index in [1.54, 1.807) is 0 Å². The minimum Gasteiger partial charge on any atom is -0.486 e. The van der Waals surface area contributed by atoms with Gasteiger partial charge in [-0.2, -0.15) is 0 Å². The molecule has 0 amide bonds. The number of hydrogen-bond acceptors (Lipinski definition) is 5. The first-order chi connectivity index (χ1) is 8.19. The molecule has 0 saturated heterocycles. The zero-order chi connectivity index (χ0) is 12.3. The minimum absolute atomic E-state index is 0.446. The molecule has 1 N–H and O–H groups in total. The van der Waals surface area contributed by atoms with Gasteiger partial charge in [0.25, 0.3) is 0 Å². The van der Waals surface area contributed by atoms with Gasteiger partial charge in [-0.3, -0.25) is 0 Å². The quantitative estimate of drug-likeness (QED) is 0.941. The fraction of sp³-hybridized carbons (Fsp3) is 0.273. The fourth-order valence-corrected chi connectivity index (χ4v) is 2.41. The van der Waals surface area contributed by atoms with Crippen LogP contribution in [0.15, 0.2) is 22.7 Å². The predicted octanol–water partition coefficient (Wildman–Crippen LogP) is 3.23. The Hall–Kier alpha value is -1.14. The second kappa shape index (κ2) is 5.46. The molecule has 17 heavy (non-hydrogen) atoms. The molecule has 0 aliphatic rings. The van der Waals surface area contributed by atoms with Crippen LogP contribution < -0.4 is 10.1 Å². The number of ether oxygens (including phenoxy) is 1. The van der Waals surface area contributed by atoms with Crippen molar-refractivity contribution in [1.82, 2.24) is 10.2 Å². The highest BCUT2D eigenvalue weighted by atomic mass is 79.9. The second-order valence-corrected chi connectivity index (χ2v) is 5.43. The first-order valence-corrected chi connectivity index (χ1v) is 6.69. The number of halogens is 1. The van der Waals surface area contributed by atoms with Gasteiger partial charge in [-0.1, -0.05) is 27.3 Å². The Labute approximate surface area is 112 Å². The Bertz CT molecular complexity index is 515. The van der Waals surface area contributed by atoms with Crippen LogP contribution in [0.3, 0.4) is 0 Å². The maximum absolute atomic E-state index is 5.69. The van der Waals surface area contributed by atoms with Gasteiger partial charge >= 0.3 is 0 Å². The van der Waals surface area contributed by atoms with E-state index >= 15 is 0 Å². The number of aromatic nitrogens is 2. The Morgan fingerprint density at radius 1 is 1.41 bits per heavy atom. The third-order valence-electron chi connectivity index (χ3n) is 2.17. The maximum atomic E-state index is 5.69. The van der Waals surface area contributed by atoms with Crippen LogP contribution in [-0.4, -0.2) is 17.2 Å². The maximum Gasteiger partial charge on any atom is 0.205 e. The molecule has 0 atom stereocenters. The van der Waals surface area contributed by atoms with Crippen LogP contribution in [0, 0.1) is 6.92 Å². The zero-order valence-corrected chi connectivity index (χ0v) is 11.9. The number of benzene rings is 1. The van der Waals surface area contributed by atoms with E-state index in [4.69, 9.17) is 4.74 Å². The molecule has 0 saturated carbocycles. The van der Waals surface area contributed by atoms with E-state index in [2.05, 4.69) is 31.4 Å². The highest BCUT2D eigenvalue weighted by molar-refractivity contribution is 9.10. The summed E-state index contributed by atoms with van der Waals surface area (Å²) in [7, 11) is 1.82. The average molecular weight is 314 g/mol. The summed E-state index contributed by atoms with van der Waals surface area (Å²) in [4.78, 5) is 0. The molecule has 90 valence electrons. The predicted molar refractivity (Wildman–Crippen MR) is 72.7 cm³/mol. The van der Waals surface area contributed by atoms with Crippen molar-refractivity contribution in [2.75, 3.05) is 12.4 Å². The third kappa shape index (κ3) is 3.17. The van der Waals surface area contributed by atoms with E-state index < -0.39 is 0 Å². The molecule has 6 heteroatoms. The highest BCUT2D eigenvalue weighted by Gasteiger charge is 2.05. The first-order valence-electron chi connectivity index (χ1n) is 5.08. The van der Waals surface area contributed by atoms with Crippen molar-refractivity contribution >= 4 is 32.4 Å². The molecule has 0 unspecified atom stereocenters. The van der Waals surface area contributed by atoms with Gasteiger partial charge in [-0.15, -0.1) is 10.2 Å². The molecule has 1 aromatic heterocycles. The van der Waals surface area contributed by atoms with Crippen molar-refractivity contribution in [2.24, 2.45) is 0 Å². The number of nitrogens with zero attached hydrogens (tertiary/aromatic N) is 2.